The first-order chi connectivity index (χ1) is 15.6. The van der Waals surface area contributed by atoms with Crippen molar-refractivity contribution in [1.82, 2.24) is 0 Å². The molecule has 0 saturated carbocycles. The summed E-state index contributed by atoms with van der Waals surface area (Å²) in [4.78, 5) is 0. The Morgan fingerprint density at radius 1 is 0.406 bits per heavy atom. The van der Waals surface area contributed by atoms with E-state index < -0.39 is 36.8 Å². The van der Waals surface area contributed by atoms with Crippen LogP contribution in [0.25, 0.3) is 0 Å². The van der Waals surface area contributed by atoms with Crippen LogP contribution in [0, 0.1) is 0 Å². The van der Waals surface area contributed by atoms with Crippen LogP contribution in [0.5, 0.6) is 0 Å². The van der Waals surface area contributed by atoms with E-state index in [1.807, 2.05) is 0 Å². The SMILES string of the molecule is CCC[CH2][Sn]([CH2]CCC)([CH2]CCC)[C]1=[C]([Sn]([CH2]CCC)([CH2]CCC)[CH2]CCC)CCCC1. The Hall–Kier alpha value is 1.34. The predicted octanol–water partition coefficient (Wildman–Crippen LogP) is 11.6. The normalized spacial score (nSPS) is 15.6. The van der Waals surface area contributed by atoms with E-state index in [0.717, 1.165) is 0 Å². The quantitative estimate of drug-likeness (QED) is 0.114. The fourth-order valence-electron chi connectivity index (χ4n) is 6.82. The molecule has 1 aliphatic rings. The second-order valence-electron chi connectivity index (χ2n) is 11.3. The molecular weight excluding hydrogens is 598 g/mol. The molecule has 1 aliphatic carbocycles. The first kappa shape index (κ1) is 31.4. The number of hydrogen-bond donors (Lipinski definition) is 0. The van der Waals surface area contributed by atoms with Crippen LogP contribution in [0.15, 0.2) is 7.18 Å². The molecule has 190 valence electrons. The number of allylic oxidation sites excluding steroid dienone is 2. The van der Waals surface area contributed by atoms with Gasteiger partial charge in [0, 0.05) is 0 Å². The van der Waals surface area contributed by atoms with Gasteiger partial charge in [-0.1, -0.05) is 0 Å². The average molecular weight is 660 g/mol. The van der Waals surface area contributed by atoms with Gasteiger partial charge in [-0.2, -0.15) is 0 Å². The third-order valence-corrected chi connectivity index (χ3v) is 43.7. The maximum absolute atomic E-state index is 2.46. The zero-order valence-corrected chi connectivity index (χ0v) is 29.3. The van der Waals surface area contributed by atoms with Gasteiger partial charge in [0.1, 0.15) is 0 Å². The molecule has 0 unspecified atom stereocenters. The monoisotopic (exact) mass is 662 g/mol. The Labute approximate surface area is 213 Å². The van der Waals surface area contributed by atoms with Crippen LogP contribution in [0.3, 0.4) is 0 Å². The van der Waals surface area contributed by atoms with Crippen molar-refractivity contribution < 1.29 is 0 Å². The standard InChI is InChI=1S/C6H8.6C4H9.2Sn/c1-2-4-6-5-3-1;6*1-3-4-2;;/h1-4H2;6*1,3-4H2,2H3;;. The van der Waals surface area contributed by atoms with E-state index >= 15 is 0 Å². The van der Waals surface area contributed by atoms with Crippen LogP contribution in [0.2, 0.25) is 26.6 Å². The van der Waals surface area contributed by atoms with Gasteiger partial charge in [0.25, 0.3) is 0 Å². The molecule has 0 saturated heterocycles. The first-order valence-corrected chi connectivity index (χ1v) is 30.3. The molecule has 0 aromatic carbocycles. The van der Waals surface area contributed by atoms with Crippen molar-refractivity contribution >= 4 is 36.8 Å². The minimum atomic E-state index is -2.28. The second kappa shape index (κ2) is 18.6. The van der Waals surface area contributed by atoms with Crippen molar-refractivity contribution in [3.05, 3.63) is 7.18 Å². The number of unbranched alkanes of at least 4 members (excludes halogenated alkanes) is 6. The van der Waals surface area contributed by atoms with Crippen molar-refractivity contribution in [3.8, 4) is 0 Å². The van der Waals surface area contributed by atoms with Crippen molar-refractivity contribution in [2.75, 3.05) is 0 Å². The Balaban J connectivity index is 3.63. The van der Waals surface area contributed by atoms with Gasteiger partial charge in [0.05, 0.1) is 0 Å². The second-order valence-corrected chi connectivity index (χ2v) is 38.0. The molecule has 0 spiro atoms. The molecule has 1 rings (SSSR count). The molecule has 0 N–H and O–H groups in total. The van der Waals surface area contributed by atoms with Gasteiger partial charge in [-0.3, -0.25) is 0 Å². The topological polar surface area (TPSA) is 0 Å². The zero-order valence-electron chi connectivity index (χ0n) is 23.6. The van der Waals surface area contributed by atoms with Gasteiger partial charge >= 0.3 is 215 Å². The summed E-state index contributed by atoms with van der Waals surface area (Å²) >= 11 is -4.57. The van der Waals surface area contributed by atoms with E-state index in [0.29, 0.717) is 0 Å². The van der Waals surface area contributed by atoms with Crippen LogP contribution in [0.1, 0.15) is 144 Å². The van der Waals surface area contributed by atoms with Crippen molar-refractivity contribution in [3.63, 3.8) is 0 Å². The third-order valence-electron chi connectivity index (χ3n) is 8.80. The molecule has 0 aromatic rings. The average Bonchev–Trinajstić information content (AvgIpc) is 2.84. The molecular formula is C30H62Sn2. The van der Waals surface area contributed by atoms with Gasteiger partial charge < -0.3 is 0 Å². The summed E-state index contributed by atoms with van der Waals surface area (Å²) in [6, 6.07) is 0. The summed E-state index contributed by atoms with van der Waals surface area (Å²) in [6.45, 7) is 14.7. The van der Waals surface area contributed by atoms with Crippen LogP contribution in [-0.4, -0.2) is 36.8 Å². The van der Waals surface area contributed by atoms with Crippen molar-refractivity contribution in [2.45, 2.75) is 171 Å². The predicted molar refractivity (Wildman–Crippen MR) is 155 cm³/mol. The molecule has 0 aliphatic heterocycles. The van der Waals surface area contributed by atoms with Crippen LogP contribution in [-0.2, 0) is 0 Å². The fourth-order valence-corrected chi connectivity index (χ4v) is 52.5. The minimum absolute atomic E-state index is 1.43. The van der Waals surface area contributed by atoms with E-state index in [-0.39, 0.29) is 0 Å². The molecule has 0 atom stereocenters. The Morgan fingerprint density at radius 2 is 0.625 bits per heavy atom. The zero-order chi connectivity index (χ0) is 23.7. The molecule has 0 fully saturated rings. The van der Waals surface area contributed by atoms with Crippen LogP contribution in [0.4, 0.5) is 0 Å². The van der Waals surface area contributed by atoms with Gasteiger partial charge in [-0.15, -0.1) is 0 Å². The number of rotatable bonds is 20. The van der Waals surface area contributed by atoms with Gasteiger partial charge in [0.2, 0.25) is 0 Å². The molecule has 0 bridgehead atoms. The van der Waals surface area contributed by atoms with E-state index in [2.05, 4.69) is 48.7 Å². The van der Waals surface area contributed by atoms with E-state index in [1.165, 1.54) is 38.5 Å². The summed E-state index contributed by atoms with van der Waals surface area (Å²) in [5.74, 6) is 0. The summed E-state index contributed by atoms with van der Waals surface area (Å²) in [5, 5.41) is 0. The molecule has 0 aromatic heterocycles. The van der Waals surface area contributed by atoms with Gasteiger partial charge in [-0.25, -0.2) is 0 Å². The molecule has 32 heavy (non-hydrogen) atoms. The molecule has 0 radical (unpaired) electrons. The molecule has 0 nitrogen and oxygen atoms in total. The molecule has 2 heteroatoms. The summed E-state index contributed by atoms with van der Waals surface area (Å²) in [6.07, 6.45) is 24.0. The maximum atomic E-state index is 2.46. The third kappa shape index (κ3) is 9.77. The summed E-state index contributed by atoms with van der Waals surface area (Å²) in [5.41, 5.74) is 0. The molecule has 0 amide bonds. The Kier molecular flexibility index (Phi) is 18.2. The Bertz CT molecular complexity index is 406. The Morgan fingerprint density at radius 3 is 0.812 bits per heavy atom. The van der Waals surface area contributed by atoms with E-state index in [1.54, 1.807) is 90.8 Å². The van der Waals surface area contributed by atoms with Gasteiger partial charge in [0.15, 0.2) is 0 Å². The summed E-state index contributed by atoms with van der Waals surface area (Å²) in [7, 11) is 0. The van der Waals surface area contributed by atoms with Gasteiger partial charge in [-0.05, 0) is 0 Å². The van der Waals surface area contributed by atoms with Crippen LogP contribution < -0.4 is 0 Å². The van der Waals surface area contributed by atoms with E-state index in [4.69, 9.17) is 0 Å². The fraction of sp³-hybridized carbons (Fsp3) is 0.933. The van der Waals surface area contributed by atoms with Crippen LogP contribution >= 0.6 is 0 Å². The number of hydrogen-bond acceptors (Lipinski definition) is 0. The summed E-state index contributed by atoms with van der Waals surface area (Å²) < 4.78 is 14.9. The van der Waals surface area contributed by atoms with Crippen molar-refractivity contribution in [1.29, 1.82) is 0 Å². The van der Waals surface area contributed by atoms with Crippen molar-refractivity contribution in [2.24, 2.45) is 0 Å². The first-order valence-electron chi connectivity index (χ1n) is 15.3. The molecule has 0 heterocycles. The van der Waals surface area contributed by atoms with E-state index in [9.17, 15) is 0 Å².